The molecule has 0 N–H and O–H groups in total. The first-order valence-electron chi connectivity index (χ1n) is 5.70. The van der Waals surface area contributed by atoms with Gasteiger partial charge in [0.25, 0.3) is 6.43 Å². The van der Waals surface area contributed by atoms with Crippen molar-refractivity contribution in [3.05, 3.63) is 23.3 Å². The van der Waals surface area contributed by atoms with Crippen molar-refractivity contribution in [3.63, 3.8) is 0 Å². The van der Waals surface area contributed by atoms with Gasteiger partial charge in [-0.15, -0.1) is 0 Å². The number of aromatic nitrogens is 2. The number of hydrogen-bond acceptors (Lipinski definition) is 5. The van der Waals surface area contributed by atoms with Crippen molar-refractivity contribution in [1.29, 1.82) is 0 Å². The Balaban J connectivity index is 2.86. The van der Waals surface area contributed by atoms with Gasteiger partial charge in [-0.3, -0.25) is 0 Å². The summed E-state index contributed by atoms with van der Waals surface area (Å²) < 4.78 is 70.0. The maximum atomic E-state index is 12.8. The molecule has 0 aliphatic carbocycles. The van der Waals surface area contributed by atoms with Crippen molar-refractivity contribution in [2.45, 2.75) is 26.1 Å². The Hall–Kier alpha value is -1.84. The van der Waals surface area contributed by atoms with Gasteiger partial charge in [0.05, 0.1) is 6.61 Å². The van der Waals surface area contributed by atoms with E-state index >= 15 is 0 Å². The molecule has 118 valence electrons. The predicted molar refractivity (Wildman–Crippen MR) is 58.7 cm³/mol. The van der Waals surface area contributed by atoms with Crippen LogP contribution in [-0.2, 0) is 16.1 Å². The van der Waals surface area contributed by atoms with Gasteiger partial charge in [0.2, 0.25) is 0 Å². The highest BCUT2D eigenvalue weighted by atomic mass is 19.4. The van der Waals surface area contributed by atoms with Crippen molar-refractivity contribution in [2.24, 2.45) is 0 Å². The summed E-state index contributed by atoms with van der Waals surface area (Å²) in [6.45, 7) is -0.805. The molecule has 5 nitrogen and oxygen atoms in total. The summed E-state index contributed by atoms with van der Waals surface area (Å²) in [7, 11) is 0. The molecule has 0 aliphatic heterocycles. The zero-order valence-electron chi connectivity index (χ0n) is 10.8. The predicted octanol–water partition coefficient (Wildman–Crippen LogP) is 2.67. The fourth-order valence-corrected chi connectivity index (χ4v) is 1.29. The molecule has 0 saturated heterocycles. The highest BCUT2D eigenvalue weighted by molar-refractivity contribution is 5.90. The van der Waals surface area contributed by atoms with E-state index in [1.807, 2.05) is 0 Å². The van der Waals surface area contributed by atoms with Gasteiger partial charge >= 0.3 is 12.1 Å². The van der Waals surface area contributed by atoms with Crippen LogP contribution in [0.3, 0.4) is 0 Å². The SMILES string of the molecule is CCOC(=O)c1cnc(COCC(F)(F)F)nc1C(F)F. The van der Waals surface area contributed by atoms with E-state index in [2.05, 4.69) is 19.4 Å². The van der Waals surface area contributed by atoms with Crippen LogP contribution in [0.25, 0.3) is 0 Å². The summed E-state index contributed by atoms with van der Waals surface area (Å²) in [6, 6.07) is 0. The Kier molecular flexibility index (Phi) is 5.94. The lowest BCUT2D eigenvalue weighted by Gasteiger charge is -2.10. The van der Waals surface area contributed by atoms with Crippen LogP contribution < -0.4 is 0 Å². The number of nitrogens with zero attached hydrogens (tertiary/aromatic N) is 2. The zero-order chi connectivity index (χ0) is 16.0. The fraction of sp³-hybridized carbons (Fsp3) is 0.545. The molecular formula is C11H11F5N2O3. The molecule has 0 aliphatic rings. The van der Waals surface area contributed by atoms with Crippen LogP contribution in [0.5, 0.6) is 0 Å². The lowest BCUT2D eigenvalue weighted by atomic mass is 10.2. The fourth-order valence-electron chi connectivity index (χ4n) is 1.29. The Bertz CT molecular complexity index is 493. The molecule has 0 radical (unpaired) electrons. The molecular weight excluding hydrogens is 303 g/mol. The van der Waals surface area contributed by atoms with E-state index in [0.29, 0.717) is 0 Å². The number of hydrogen-bond donors (Lipinski definition) is 0. The van der Waals surface area contributed by atoms with E-state index in [-0.39, 0.29) is 12.4 Å². The van der Waals surface area contributed by atoms with Crippen LogP contribution in [0.15, 0.2) is 6.20 Å². The van der Waals surface area contributed by atoms with Crippen LogP contribution in [0.4, 0.5) is 22.0 Å². The van der Waals surface area contributed by atoms with Gasteiger partial charge < -0.3 is 9.47 Å². The molecule has 10 heteroatoms. The summed E-state index contributed by atoms with van der Waals surface area (Å²) in [5.74, 6) is -1.42. The molecule has 21 heavy (non-hydrogen) atoms. The lowest BCUT2D eigenvalue weighted by Crippen LogP contribution is -2.18. The van der Waals surface area contributed by atoms with Gasteiger partial charge in [0.15, 0.2) is 5.82 Å². The maximum absolute atomic E-state index is 12.8. The molecule has 0 unspecified atom stereocenters. The van der Waals surface area contributed by atoms with E-state index in [0.717, 1.165) is 6.20 Å². The minimum absolute atomic E-state index is 0.0298. The maximum Gasteiger partial charge on any atom is 0.411 e. The van der Waals surface area contributed by atoms with E-state index in [1.165, 1.54) is 6.92 Å². The molecule has 1 aromatic heterocycles. The Morgan fingerprint density at radius 3 is 2.57 bits per heavy atom. The second-order valence-corrected chi connectivity index (χ2v) is 3.71. The molecule has 0 fully saturated rings. The highest BCUT2D eigenvalue weighted by Crippen LogP contribution is 2.21. The van der Waals surface area contributed by atoms with E-state index in [1.54, 1.807) is 0 Å². The van der Waals surface area contributed by atoms with E-state index in [4.69, 9.17) is 0 Å². The Morgan fingerprint density at radius 1 is 1.38 bits per heavy atom. The van der Waals surface area contributed by atoms with Crippen LogP contribution in [-0.4, -0.2) is 35.3 Å². The number of alkyl halides is 5. The van der Waals surface area contributed by atoms with E-state index in [9.17, 15) is 26.7 Å². The van der Waals surface area contributed by atoms with Gasteiger partial charge in [0, 0.05) is 6.20 Å². The normalized spacial score (nSPS) is 11.8. The van der Waals surface area contributed by atoms with Crippen molar-refractivity contribution in [1.82, 2.24) is 9.97 Å². The molecule has 1 heterocycles. The first kappa shape index (κ1) is 17.2. The van der Waals surface area contributed by atoms with Gasteiger partial charge in [-0.05, 0) is 6.92 Å². The second kappa shape index (κ2) is 7.25. The van der Waals surface area contributed by atoms with Gasteiger partial charge in [-0.25, -0.2) is 23.5 Å². The Morgan fingerprint density at radius 2 is 2.05 bits per heavy atom. The summed E-state index contributed by atoms with van der Waals surface area (Å²) in [5.41, 5.74) is -1.44. The number of carbonyl (C=O) groups is 1. The van der Waals surface area contributed by atoms with Gasteiger partial charge in [-0.2, -0.15) is 13.2 Å². The smallest absolute Gasteiger partial charge is 0.411 e. The van der Waals surface area contributed by atoms with Crippen molar-refractivity contribution < 1.29 is 36.2 Å². The monoisotopic (exact) mass is 314 g/mol. The number of ether oxygens (including phenoxy) is 2. The first-order valence-corrected chi connectivity index (χ1v) is 5.70. The topological polar surface area (TPSA) is 61.3 Å². The summed E-state index contributed by atoms with van der Waals surface area (Å²) in [6.07, 6.45) is -6.87. The number of rotatable bonds is 6. The molecule has 0 bridgehead atoms. The van der Waals surface area contributed by atoms with Gasteiger partial charge in [-0.1, -0.05) is 0 Å². The zero-order valence-corrected chi connectivity index (χ0v) is 10.8. The quantitative estimate of drug-likeness (QED) is 0.597. The highest BCUT2D eigenvalue weighted by Gasteiger charge is 2.28. The van der Waals surface area contributed by atoms with Crippen LogP contribution in [0, 0.1) is 0 Å². The van der Waals surface area contributed by atoms with Crippen molar-refractivity contribution in [2.75, 3.05) is 13.2 Å². The third-order valence-electron chi connectivity index (χ3n) is 2.07. The number of halogens is 5. The van der Waals surface area contributed by atoms with Crippen LogP contribution in [0.2, 0.25) is 0 Å². The molecule has 0 atom stereocenters. The first-order chi connectivity index (χ1) is 9.74. The van der Waals surface area contributed by atoms with E-state index < -0.39 is 43.0 Å². The third kappa shape index (κ3) is 5.58. The van der Waals surface area contributed by atoms with Crippen LogP contribution >= 0.6 is 0 Å². The minimum Gasteiger partial charge on any atom is -0.462 e. The average molecular weight is 314 g/mol. The van der Waals surface area contributed by atoms with Crippen molar-refractivity contribution in [3.8, 4) is 0 Å². The second-order valence-electron chi connectivity index (χ2n) is 3.71. The molecule has 1 rings (SSSR count). The number of esters is 1. The summed E-state index contributed by atoms with van der Waals surface area (Å²) >= 11 is 0. The molecule has 0 spiro atoms. The third-order valence-corrected chi connectivity index (χ3v) is 2.07. The molecule has 0 saturated carbocycles. The molecule has 0 aromatic carbocycles. The summed E-state index contributed by atoms with van der Waals surface area (Å²) in [5, 5.41) is 0. The lowest BCUT2D eigenvalue weighted by molar-refractivity contribution is -0.177. The number of carbonyl (C=O) groups excluding carboxylic acids is 1. The summed E-state index contributed by atoms with van der Waals surface area (Å²) in [4.78, 5) is 18.3. The molecule has 1 aromatic rings. The average Bonchev–Trinajstić information content (AvgIpc) is 2.37. The van der Waals surface area contributed by atoms with Gasteiger partial charge in [0.1, 0.15) is 24.5 Å². The standard InChI is InChI=1S/C11H11F5N2O3/c1-2-21-10(19)6-3-17-7(18-8(6)9(12)13)4-20-5-11(14,15)16/h3,9H,2,4-5H2,1H3. The van der Waals surface area contributed by atoms with Crippen molar-refractivity contribution >= 4 is 5.97 Å². The molecule has 0 amide bonds. The largest absolute Gasteiger partial charge is 0.462 e. The minimum atomic E-state index is -4.55. The van der Waals surface area contributed by atoms with Crippen LogP contribution in [0.1, 0.15) is 35.2 Å². The Labute approximate surface area is 116 Å².